The summed E-state index contributed by atoms with van der Waals surface area (Å²) in [5.41, 5.74) is 3.48. The van der Waals surface area contributed by atoms with Gasteiger partial charge in [0.25, 0.3) is 5.91 Å². The van der Waals surface area contributed by atoms with Crippen LogP contribution in [0.1, 0.15) is 64.5 Å². The van der Waals surface area contributed by atoms with Crippen molar-refractivity contribution in [2.24, 2.45) is 0 Å². The minimum Gasteiger partial charge on any atom is -0.461 e. The first kappa shape index (κ1) is 18.8. The number of hydrogen-bond acceptors (Lipinski definition) is 3. The average Bonchev–Trinajstić information content (AvgIpc) is 2.85. The maximum absolute atomic E-state index is 12.9. The molecule has 2 rings (SSSR count). The van der Waals surface area contributed by atoms with Crippen LogP contribution in [0.3, 0.4) is 0 Å². The molecular weight excluding hydrogens is 316 g/mol. The van der Waals surface area contributed by atoms with Gasteiger partial charge in [0.05, 0.1) is 18.2 Å². The first-order valence-electron chi connectivity index (χ1n) is 8.64. The van der Waals surface area contributed by atoms with E-state index >= 15 is 0 Å². The maximum Gasteiger partial charge on any atom is 0.355 e. The summed E-state index contributed by atoms with van der Waals surface area (Å²) in [7, 11) is 0. The first-order chi connectivity index (χ1) is 11.9. The Labute approximate surface area is 149 Å². The lowest BCUT2D eigenvalue weighted by atomic mass is 10.1. The lowest BCUT2D eigenvalue weighted by Gasteiger charge is -2.15. The van der Waals surface area contributed by atoms with Crippen LogP contribution in [0.2, 0.25) is 0 Å². The normalized spacial score (nSPS) is 11.9. The summed E-state index contributed by atoms with van der Waals surface area (Å²) in [6.07, 6.45) is 0. The largest absolute Gasteiger partial charge is 0.461 e. The van der Waals surface area contributed by atoms with Gasteiger partial charge in [-0.05, 0) is 45.7 Å². The Morgan fingerprint density at radius 1 is 1.16 bits per heavy atom. The molecular formula is C20H26N2O3. The average molecular weight is 342 g/mol. The molecule has 5 nitrogen and oxygen atoms in total. The molecule has 1 aromatic heterocycles. The number of aromatic nitrogens is 1. The Morgan fingerprint density at radius 3 is 2.36 bits per heavy atom. The highest BCUT2D eigenvalue weighted by Gasteiger charge is 2.27. The van der Waals surface area contributed by atoms with E-state index in [0.717, 1.165) is 11.3 Å². The maximum atomic E-state index is 12.9. The standard InChI is InChI=1S/C20H26N2O3/c1-6-22-15(5)17(13(3)18(22)20(24)25-7-2)19(23)21-14(4)16-11-9-8-10-12-16/h8-12,14H,6-7H2,1-5H3,(H,21,23). The Bertz CT molecular complexity index is 763. The van der Waals surface area contributed by atoms with Crippen molar-refractivity contribution in [1.82, 2.24) is 9.88 Å². The quantitative estimate of drug-likeness (QED) is 0.813. The van der Waals surface area contributed by atoms with Crippen LogP contribution in [0.4, 0.5) is 0 Å². The highest BCUT2D eigenvalue weighted by Crippen LogP contribution is 2.24. The molecule has 0 aliphatic heterocycles. The number of nitrogens with zero attached hydrogens (tertiary/aromatic N) is 1. The van der Waals surface area contributed by atoms with Crippen molar-refractivity contribution in [3.05, 3.63) is 58.4 Å². The summed E-state index contributed by atoms with van der Waals surface area (Å²) in [6, 6.07) is 9.67. The third kappa shape index (κ3) is 3.76. The smallest absolute Gasteiger partial charge is 0.355 e. The van der Waals surface area contributed by atoms with Gasteiger partial charge in [-0.3, -0.25) is 4.79 Å². The van der Waals surface area contributed by atoms with Gasteiger partial charge >= 0.3 is 5.97 Å². The number of ether oxygens (including phenoxy) is 1. The van der Waals surface area contributed by atoms with Crippen LogP contribution in [0.15, 0.2) is 30.3 Å². The van der Waals surface area contributed by atoms with Crippen LogP contribution < -0.4 is 5.32 Å². The third-order valence-electron chi connectivity index (χ3n) is 4.43. The van der Waals surface area contributed by atoms with Gasteiger partial charge in [0.2, 0.25) is 0 Å². The van der Waals surface area contributed by atoms with E-state index in [1.165, 1.54) is 0 Å². The monoisotopic (exact) mass is 342 g/mol. The van der Waals surface area contributed by atoms with Gasteiger partial charge in [-0.15, -0.1) is 0 Å². The minimum atomic E-state index is -0.389. The van der Waals surface area contributed by atoms with E-state index in [2.05, 4.69) is 5.32 Å². The van der Waals surface area contributed by atoms with Crippen LogP contribution in [0, 0.1) is 13.8 Å². The molecule has 0 spiro atoms. The molecule has 1 heterocycles. The van der Waals surface area contributed by atoms with Crippen molar-refractivity contribution in [2.75, 3.05) is 6.61 Å². The van der Waals surface area contributed by atoms with Gasteiger partial charge < -0.3 is 14.6 Å². The molecule has 2 aromatic rings. The van der Waals surface area contributed by atoms with Crippen molar-refractivity contribution in [3.8, 4) is 0 Å². The Morgan fingerprint density at radius 2 is 1.80 bits per heavy atom. The molecule has 1 N–H and O–H groups in total. The van der Waals surface area contributed by atoms with E-state index in [0.29, 0.717) is 30.0 Å². The fourth-order valence-corrected chi connectivity index (χ4v) is 3.18. The zero-order valence-corrected chi connectivity index (χ0v) is 15.6. The van der Waals surface area contributed by atoms with E-state index in [1.54, 1.807) is 13.8 Å². The predicted molar refractivity (Wildman–Crippen MR) is 97.9 cm³/mol. The van der Waals surface area contributed by atoms with Crippen molar-refractivity contribution in [2.45, 2.75) is 47.2 Å². The van der Waals surface area contributed by atoms with Gasteiger partial charge in [0.15, 0.2) is 0 Å². The summed E-state index contributed by atoms with van der Waals surface area (Å²) in [5.74, 6) is -0.566. The molecule has 0 saturated carbocycles. The molecule has 1 atom stereocenters. The zero-order valence-electron chi connectivity index (χ0n) is 15.6. The lowest BCUT2D eigenvalue weighted by molar-refractivity contribution is 0.0512. The number of rotatable bonds is 6. The van der Waals surface area contributed by atoms with Crippen LogP contribution in [-0.2, 0) is 11.3 Å². The third-order valence-corrected chi connectivity index (χ3v) is 4.43. The van der Waals surface area contributed by atoms with Crippen LogP contribution in [0.5, 0.6) is 0 Å². The van der Waals surface area contributed by atoms with Gasteiger partial charge in [-0.2, -0.15) is 0 Å². The highest BCUT2D eigenvalue weighted by molar-refractivity contribution is 6.01. The number of amides is 1. The van der Waals surface area contributed by atoms with Gasteiger partial charge in [0, 0.05) is 12.2 Å². The molecule has 1 amide bonds. The van der Waals surface area contributed by atoms with E-state index in [1.807, 2.05) is 55.7 Å². The molecule has 0 bridgehead atoms. The second kappa shape index (κ2) is 8.01. The number of carbonyl (C=O) groups excluding carboxylic acids is 2. The SMILES string of the molecule is CCOC(=O)c1c(C)c(C(=O)NC(C)c2ccccc2)c(C)n1CC. The van der Waals surface area contributed by atoms with Gasteiger partial charge in [-0.25, -0.2) is 4.79 Å². The number of benzene rings is 1. The van der Waals surface area contributed by atoms with Crippen molar-refractivity contribution in [1.29, 1.82) is 0 Å². The van der Waals surface area contributed by atoms with E-state index in [-0.39, 0.29) is 17.9 Å². The number of nitrogens with one attached hydrogen (secondary N) is 1. The summed E-state index contributed by atoms with van der Waals surface area (Å²) in [5, 5.41) is 3.03. The molecule has 0 aliphatic rings. The fraction of sp³-hybridized carbons (Fsp3) is 0.400. The molecule has 0 aliphatic carbocycles. The highest BCUT2D eigenvalue weighted by atomic mass is 16.5. The fourth-order valence-electron chi connectivity index (χ4n) is 3.18. The Kier molecular flexibility index (Phi) is 6.02. The molecule has 0 fully saturated rings. The predicted octanol–water partition coefficient (Wildman–Crippen LogP) is 3.79. The number of hydrogen-bond donors (Lipinski definition) is 1. The Balaban J connectivity index is 2.35. The van der Waals surface area contributed by atoms with E-state index < -0.39 is 0 Å². The van der Waals surface area contributed by atoms with Gasteiger partial charge in [-0.1, -0.05) is 30.3 Å². The second-order valence-electron chi connectivity index (χ2n) is 6.00. The number of esters is 1. The van der Waals surface area contributed by atoms with Crippen LogP contribution in [-0.4, -0.2) is 23.1 Å². The van der Waals surface area contributed by atoms with Crippen LogP contribution in [0.25, 0.3) is 0 Å². The Hall–Kier alpha value is -2.56. The minimum absolute atomic E-state index is 0.122. The molecule has 5 heteroatoms. The van der Waals surface area contributed by atoms with Gasteiger partial charge in [0.1, 0.15) is 5.69 Å². The molecule has 134 valence electrons. The lowest BCUT2D eigenvalue weighted by Crippen LogP contribution is -2.27. The summed E-state index contributed by atoms with van der Waals surface area (Å²) in [6.45, 7) is 10.2. The van der Waals surface area contributed by atoms with Crippen LogP contribution >= 0.6 is 0 Å². The molecule has 0 saturated heterocycles. The van der Waals surface area contributed by atoms with Crippen molar-refractivity contribution >= 4 is 11.9 Å². The van der Waals surface area contributed by atoms with Crippen molar-refractivity contribution in [3.63, 3.8) is 0 Å². The molecule has 0 radical (unpaired) electrons. The topological polar surface area (TPSA) is 60.3 Å². The second-order valence-corrected chi connectivity index (χ2v) is 6.00. The zero-order chi connectivity index (χ0) is 18.6. The van der Waals surface area contributed by atoms with E-state index in [4.69, 9.17) is 4.74 Å². The van der Waals surface area contributed by atoms with E-state index in [9.17, 15) is 9.59 Å². The summed E-state index contributed by atoms with van der Waals surface area (Å²) in [4.78, 5) is 25.2. The van der Waals surface area contributed by atoms with Crippen molar-refractivity contribution < 1.29 is 14.3 Å². The number of carbonyl (C=O) groups is 2. The first-order valence-corrected chi connectivity index (χ1v) is 8.64. The molecule has 25 heavy (non-hydrogen) atoms. The summed E-state index contributed by atoms with van der Waals surface area (Å²) >= 11 is 0. The molecule has 1 unspecified atom stereocenters. The summed E-state index contributed by atoms with van der Waals surface area (Å²) < 4.78 is 7.00. The molecule has 1 aromatic carbocycles.